The zero-order valence-electron chi connectivity index (χ0n) is 11.3. The minimum atomic E-state index is 0.589. The average molecular weight is 249 g/mol. The summed E-state index contributed by atoms with van der Waals surface area (Å²) in [5.74, 6) is 1.60. The Morgan fingerprint density at radius 2 is 2.00 bits per heavy atom. The summed E-state index contributed by atoms with van der Waals surface area (Å²) in [4.78, 5) is 0. The lowest BCUT2D eigenvalue weighted by molar-refractivity contribution is 0.174. The summed E-state index contributed by atoms with van der Waals surface area (Å²) in [5, 5.41) is 3.57. The Bertz CT molecular complexity index is 350. The van der Waals surface area contributed by atoms with E-state index >= 15 is 0 Å². The highest BCUT2D eigenvalue weighted by Crippen LogP contribution is 2.29. The lowest BCUT2D eigenvalue weighted by atomic mass is 9.85. The highest BCUT2D eigenvalue weighted by molar-refractivity contribution is 5.29. The first-order chi connectivity index (χ1) is 8.83. The molecule has 1 N–H and O–H groups in total. The van der Waals surface area contributed by atoms with Crippen LogP contribution in [-0.2, 0) is 4.74 Å². The maximum atomic E-state index is 5.20. The van der Waals surface area contributed by atoms with Crippen LogP contribution in [0.2, 0.25) is 0 Å². The standard InChI is InChI=1S/C15H23NO2/c1-17-10-8-14-11-13(7-9-16-14)12-3-5-15(18-2)6-4-12/h3-6,13-14,16H,7-11H2,1-2H3/t13?,14-/m1/s1. The first kappa shape index (κ1) is 13.4. The predicted octanol–water partition coefficient (Wildman–Crippen LogP) is 2.57. The first-order valence-corrected chi connectivity index (χ1v) is 6.69. The van der Waals surface area contributed by atoms with E-state index in [2.05, 4.69) is 29.6 Å². The third-order valence-electron chi connectivity index (χ3n) is 3.75. The molecule has 1 unspecified atom stereocenters. The molecule has 1 aromatic rings. The molecule has 1 saturated heterocycles. The number of benzene rings is 1. The summed E-state index contributed by atoms with van der Waals surface area (Å²) in [6.07, 6.45) is 3.52. The highest BCUT2D eigenvalue weighted by Gasteiger charge is 2.22. The van der Waals surface area contributed by atoms with Crippen LogP contribution < -0.4 is 10.1 Å². The Morgan fingerprint density at radius 3 is 2.67 bits per heavy atom. The molecule has 0 radical (unpaired) electrons. The number of hydrogen-bond donors (Lipinski definition) is 1. The zero-order chi connectivity index (χ0) is 12.8. The summed E-state index contributed by atoms with van der Waals surface area (Å²) >= 11 is 0. The number of piperidine rings is 1. The fourth-order valence-corrected chi connectivity index (χ4v) is 2.67. The second-order valence-corrected chi connectivity index (χ2v) is 4.93. The van der Waals surface area contributed by atoms with E-state index in [0.29, 0.717) is 12.0 Å². The molecular formula is C15H23NO2. The highest BCUT2D eigenvalue weighted by atomic mass is 16.5. The predicted molar refractivity (Wildman–Crippen MR) is 73.3 cm³/mol. The maximum Gasteiger partial charge on any atom is 0.118 e. The Kier molecular flexibility index (Phi) is 5.02. The van der Waals surface area contributed by atoms with Crippen LogP contribution in [-0.4, -0.2) is 33.4 Å². The van der Waals surface area contributed by atoms with Gasteiger partial charge in [-0.1, -0.05) is 12.1 Å². The van der Waals surface area contributed by atoms with Gasteiger partial charge in [0.25, 0.3) is 0 Å². The molecule has 1 fully saturated rings. The Balaban J connectivity index is 1.94. The number of hydrogen-bond acceptors (Lipinski definition) is 3. The van der Waals surface area contributed by atoms with Gasteiger partial charge in [0.2, 0.25) is 0 Å². The molecule has 1 aliphatic heterocycles. The van der Waals surface area contributed by atoms with E-state index in [-0.39, 0.29) is 0 Å². The third kappa shape index (κ3) is 3.47. The number of ether oxygens (including phenoxy) is 2. The van der Waals surface area contributed by atoms with E-state index < -0.39 is 0 Å². The molecule has 3 nitrogen and oxygen atoms in total. The normalized spacial score (nSPS) is 23.9. The molecule has 0 amide bonds. The number of nitrogens with one attached hydrogen (secondary N) is 1. The molecule has 0 spiro atoms. The quantitative estimate of drug-likeness (QED) is 0.870. The molecule has 3 heteroatoms. The monoisotopic (exact) mass is 249 g/mol. The van der Waals surface area contributed by atoms with E-state index in [4.69, 9.17) is 9.47 Å². The largest absolute Gasteiger partial charge is 0.497 e. The van der Waals surface area contributed by atoms with Gasteiger partial charge < -0.3 is 14.8 Å². The molecule has 0 bridgehead atoms. The third-order valence-corrected chi connectivity index (χ3v) is 3.75. The Morgan fingerprint density at radius 1 is 1.22 bits per heavy atom. The van der Waals surface area contributed by atoms with Gasteiger partial charge in [0, 0.05) is 19.8 Å². The molecule has 0 aromatic heterocycles. The van der Waals surface area contributed by atoms with E-state index in [9.17, 15) is 0 Å². The molecule has 1 heterocycles. The minimum absolute atomic E-state index is 0.589. The average Bonchev–Trinajstić information content (AvgIpc) is 2.45. The van der Waals surface area contributed by atoms with Crippen LogP contribution in [0.3, 0.4) is 0 Å². The van der Waals surface area contributed by atoms with Gasteiger partial charge in [-0.15, -0.1) is 0 Å². The van der Waals surface area contributed by atoms with Crippen molar-refractivity contribution in [1.29, 1.82) is 0 Å². The molecular weight excluding hydrogens is 226 g/mol. The van der Waals surface area contributed by atoms with Crippen molar-refractivity contribution in [3.8, 4) is 5.75 Å². The SMILES string of the molecule is COCC[C@@H]1CC(c2ccc(OC)cc2)CCN1. The van der Waals surface area contributed by atoms with E-state index in [1.807, 2.05) is 0 Å². The lowest BCUT2D eigenvalue weighted by Crippen LogP contribution is -2.38. The topological polar surface area (TPSA) is 30.5 Å². The van der Waals surface area contributed by atoms with Gasteiger partial charge in [0.1, 0.15) is 5.75 Å². The first-order valence-electron chi connectivity index (χ1n) is 6.69. The van der Waals surface area contributed by atoms with Gasteiger partial charge in [-0.2, -0.15) is 0 Å². The second kappa shape index (κ2) is 6.76. The summed E-state index contributed by atoms with van der Waals surface area (Å²) in [6.45, 7) is 1.94. The van der Waals surface area contributed by atoms with E-state index in [1.165, 1.54) is 18.4 Å². The maximum absolute atomic E-state index is 5.20. The van der Waals surface area contributed by atoms with Crippen LogP contribution in [0.15, 0.2) is 24.3 Å². The van der Waals surface area contributed by atoms with Crippen LogP contribution in [0.1, 0.15) is 30.7 Å². The molecule has 18 heavy (non-hydrogen) atoms. The van der Waals surface area contributed by atoms with Crippen LogP contribution in [0.4, 0.5) is 0 Å². The van der Waals surface area contributed by atoms with Gasteiger partial charge in [-0.25, -0.2) is 0 Å². The molecule has 0 saturated carbocycles. The molecule has 1 aromatic carbocycles. The van der Waals surface area contributed by atoms with Crippen molar-refractivity contribution < 1.29 is 9.47 Å². The molecule has 100 valence electrons. The molecule has 2 rings (SSSR count). The van der Waals surface area contributed by atoms with Crippen LogP contribution in [0, 0.1) is 0 Å². The van der Waals surface area contributed by atoms with Gasteiger partial charge in [0.15, 0.2) is 0 Å². The summed E-state index contributed by atoms with van der Waals surface area (Å²) in [5.41, 5.74) is 1.43. The van der Waals surface area contributed by atoms with Gasteiger partial charge in [-0.3, -0.25) is 0 Å². The van der Waals surface area contributed by atoms with Gasteiger partial charge >= 0.3 is 0 Å². The van der Waals surface area contributed by atoms with Gasteiger partial charge in [0.05, 0.1) is 7.11 Å². The summed E-state index contributed by atoms with van der Waals surface area (Å²) in [7, 11) is 3.48. The fraction of sp³-hybridized carbons (Fsp3) is 0.600. The molecule has 2 atom stereocenters. The van der Waals surface area contributed by atoms with Crippen molar-refractivity contribution in [2.24, 2.45) is 0 Å². The zero-order valence-corrected chi connectivity index (χ0v) is 11.3. The number of rotatable bonds is 5. The van der Waals surface area contributed by atoms with Crippen molar-refractivity contribution >= 4 is 0 Å². The molecule has 0 aliphatic carbocycles. The summed E-state index contributed by atoms with van der Waals surface area (Å²) < 4.78 is 10.4. The fourth-order valence-electron chi connectivity index (χ4n) is 2.67. The van der Waals surface area contributed by atoms with Crippen molar-refractivity contribution in [3.05, 3.63) is 29.8 Å². The lowest BCUT2D eigenvalue weighted by Gasteiger charge is -2.30. The van der Waals surface area contributed by atoms with Crippen molar-refractivity contribution in [2.75, 3.05) is 27.4 Å². The van der Waals surface area contributed by atoms with Crippen molar-refractivity contribution in [1.82, 2.24) is 5.32 Å². The van der Waals surface area contributed by atoms with Crippen molar-refractivity contribution in [3.63, 3.8) is 0 Å². The van der Waals surface area contributed by atoms with Crippen LogP contribution in [0.5, 0.6) is 5.75 Å². The smallest absolute Gasteiger partial charge is 0.118 e. The summed E-state index contributed by atoms with van der Waals surface area (Å²) in [6, 6.07) is 9.10. The molecule has 1 aliphatic rings. The number of methoxy groups -OCH3 is 2. The van der Waals surface area contributed by atoms with E-state index in [1.54, 1.807) is 14.2 Å². The van der Waals surface area contributed by atoms with E-state index in [0.717, 1.165) is 25.3 Å². The second-order valence-electron chi connectivity index (χ2n) is 4.93. The van der Waals surface area contributed by atoms with Gasteiger partial charge in [-0.05, 0) is 49.4 Å². The Labute approximate surface area is 109 Å². The van der Waals surface area contributed by atoms with Crippen LogP contribution in [0.25, 0.3) is 0 Å². The van der Waals surface area contributed by atoms with Crippen LogP contribution >= 0.6 is 0 Å². The Hall–Kier alpha value is -1.06. The minimum Gasteiger partial charge on any atom is -0.497 e. The van der Waals surface area contributed by atoms with Crippen molar-refractivity contribution in [2.45, 2.75) is 31.2 Å².